The van der Waals surface area contributed by atoms with E-state index >= 15 is 0 Å². The van der Waals surface area contributed by atoms with E-state index in [1.807, 2.05) is 36.4 Å². The molecule has 18 heavy (non-hydrogen) atoms. The van der Waals surface area contributed by atoms with E-state index < -0.39 is 0 Å². The maximum absolute atomic E-state index is 5.67. The zero-order valence-corrected chi connectivity index (χ0v) is 11.6. The first kappa shape index (κ1) is 13.1. The van der Waals surface area contributed by atoms with Crippen molar-refractivity contribution in [2.75, 3.05) is 6.54 Å². The first-order valence-electron chi connectivity index (χ1n) is 5.80. The summed E-state index contributed by atoms with van der Waals surface area (Å²) in [5.74, 6) is 0.774. The van der Waals surface area contributed by atoms with Gasteiger partial charge in [-0.3, -0.25) is 4.98 Å². The van der Waals surface area contributed by atoms with Crippen LogP contribution in [0.4, 0.5) is 0 Å². The molecule has 3 nitrogen and oxygen atoms in total. The van der Waals surface area contributed by atoms with Crippen LogP contribution >= 0.6 is 15.9 Å². The van der Waals surface area contributed by atoms with Gasteiger partial charge >= 0.3 is 0 Å². The van der Waals surface area contributed by atoms with Gasteiger partial charge in [0.05, 0.1) is 6.20 Å². The fourth-order valence-corrected chi connectivity index (χ4v) is 2.03. The fourth-order valence-electron chi connectivity index (χ4n) is 1.59. The number of aromatic nitrogens is 1. The number of benzene rings is 1. The number of ether oxygens (including phenoxy) is 1. The molecule has 0 aliphatic carbocycles. The van der Waals surface area contributed by atoms with Crippen molar-refractivity contribution >= 4 is 15.9 Å². The second-order valence-corrected chi connectivity index (χ2v) is 4.86. The largest absolute Gasteiger partial charge is 0.487 e. The van der Waals surface area contributed by atoms with E-state index in [4.69, 9.17) is 10.5 Å². The lowest BCUT2D eigenvalue weighted by atomic mass is 10.2. The summed E-state index contributed by atoms with van der Waals surface area (Å²) in [5.41, 5.74) is 7.59. The van der Waals surface area contributed by atoms with E-state index in [2.05, 4.69) is 20.9 Å². The van der Waals surface area contributed by atoms with E-state index in [9.17, 15) is 0 Å². The predicted molar refractivity (Wildman–Crippen MR) is 75.5 cm³/mol. The average molecular weight is 307 g/mol. The number of hydrogen-bond donors (Lipinski definition) is 1. The lowest BCUT2D eigenvalue weighted by Crippen LogP contribution is -2.04. The van der Waals surface area contributed by atoms with Gasteiger partial charge in [-0.15, -0.1) is 0 Å². The van der Waals surface area contributed by atoms with Crippen molar-refractivity contribution in [3.8, 4) is 5.75 Å². The SMILES string of the molecule is NCCc1ccc(OCc2cccc(Br)c2)cn1. The summed E-state index contributed by atoms with van der Waals surface area (Å²) in [4.78, 5) is 4.28. The quantitative estimate of drug-likeness (QED) is 0.924. The first-order valence-corrected chi connectivity index (χ1v) is 6.59. The van der Waals surface area contributed by atoms with Gasteiger partial charge in [-0.1, -0.05) is 28.1 Å². The van der Waals surface area contributed by atoms with Crippen molar-refractivity contribution in [2.45, 2.75) is 13.0 Å². The Kier molecular flexibility index (Phi) is 4.73. The molecule has 0 spiro atoms. The van der Waals surface area contributed by atoms with E-state index in [0.717, 1.165) is 27.9 Å². The van der Waals surface area contributed by atoms with E-state index in [0.29, 0.717) is 13.2 Å². The van der Waals surface area contributed by atoms with Crippen LogP contribution < -0.4 is 10.5 Å². The van der Waals surface area contributed by atoms with Crippen molar-refractivity contribution in [2.24, 2.45) is 5.73 Å². The molecule has 0 atom stereocenters. The Balaban J connectivity index is 1.93. The molecule has 1 aromatic carbocycles. The molecular weight excluding hydrogens is 292 g/mol. The van der Waals surface area contributed by atoms with Crippen LogP contribution in [0.25, 0.3) is 0 Å². The van der Waals surface area contributed by atoms with Crippen LogP contribution in [0.1, 0.15) is 11.3 Å². The molecule has 0 fully saturated rings. The topological polar surface area (TPSA) is 48.1 Å². The van der Waals surface area contributed by atoms with Crippen LogP contribution in [0.3, 0.4) is 0 Å². The molecule has 2 rings (SSSR count). The van der Waals surface area contributed by atoms with Crippen LogP contribution in [0.15, 0.2) is 47.1 Å². The Bertz CT molecular complexity index is 499. The molecule has 94 valence electrons. The van der Waals surface area contributed by atoms with Gasteiger partial charge in [-0.25, -0.2) is 0 Å². The number of halogens is 1. The molecule has 4 heteroatoms. The normalized spacial score (nSPS) is 10.3. The molecule has 0 saturated carbocycles. The molecule has 0 radical (unpaired) electrons. The van der Waals surface area contributed by atoms with Crippen LogP contribution in [0, 0.1) is 0 Å². The minimum Gasteiger partial charge on any atom is -0.487 e. The highest BCUT2D eigenvalue weighted by molar-refractivity contribution is 9.10. The van der Waals surface area contributed by atoms with Gasteiger partial charge in [0.25, 0.3) is 0 Å². The minimum absolute atomic E-state index is 0.539. The van der Waals surface area contributed by atoms with Crippen LogP contribution in [-0.4, -0.2) is 11.5 Å². The van der Waals surface area contributed by atoms with E-state index in [1.54, 1.807) is 6.20 Å². The summed E-state index contributed by atoms with van der Waals surface area (Å²) in [6.07, 6.45) is 2.54. The Labute approximate surface area is 115 Å². The van der Waals surface area contributed by atoms with Crippen molar-refractivity contribution in [3.05, 3.63) is 58.3 Å². The van der Waals surface area contributed by atoms with Crippen molar-refractivity contribution < 1.29 is 4.74 Å². The Hall–Kier alpha value is -1.39. The second kappa shape index (κ2) is 6.52. The van der Waals surface area contributed by atoms with Gasteiger partial charge in [-0.05, 0) is 36.4 Å². The summed E-state index contributed by atoms with van der Waals surface area (Å²) in [7, 11) is 0. The molecule has 1 aromatic heterocycles. The van der Waals surface area contributed by atoms with Crippen LogP contribution in [-0.2, 0) is 13.0 Å². The molecule has 0 aliphatic rings. The zero-order chi connectivity index (χ0) is 12.8. The molecule has 0 aliphatic heterocycles. The number of rotatable bonds is 5. The smallest absolute Gasteiger partial charge is 0.138 e. The highest BCUT2D eigenvalue weighted by Crippen LogP contribution is 2.15. The van der Waals surface area contributed by atoms with Crippen molar-refractivity contribution in [1.29, 1.82) is 0 Å². The third-order valence-corrected chi connectivity index (χ3v) is 2.99. The Morgan fingerprint density at radius 2 is 2.11 bits per heavy atom. The highest BCUT2D eigenvalue weighted by Gasteiger charge is 1.98. The van der Waals surface area contributed by atoms with Gasteiger partial charge in [0.1, 0.15) is 12.4 Å². The van der Waals surface area contributed by atoms with Gasteiger partial charge in [0.2, 0.25) is 0 Å². The van der Waals surface area contributed by atoms with E-state index in [-0.39, 0.29) is 0 Å². The van der Waals surface area contributed by atoms with Gasteiger partial charge in [-0.2, -0.15) is 0 Å². The van der Waals surface area contributed by atoms with Gasteiger partial charge < -0.3 is 10.5 Å². The molecule has 0 bridgehead atoms. The predicted octanol–water partition coefficient (Wildman–Crippen LogP) is 2.92. The third kappa shape index (κ3) is 3.82. The monoisotopic (exact) mass is 306 g/mol. The second-order valence-electron chi connectivity index (χ2n) is 3.94. The van der Waals surface area contributed by atoms with Crippen LogP contribution in [0.5, 0.6) is 5.75 Å². The van der Waals surface area contributed by atoms with Gasteiger partial charge in [0.15, 0.2) is 0 Å². The lowest BCUT2D eigenvalue weighted by molar-refractivity contribution is 0.304. The summed E-state index contributed by atoms with van der Waals surface area (Å²) < 4.78 is 6.72. The fraction of sp³-hybridized carbons (Fsp3) is 0.214. The maximum Gasteiger partial charge on any atom is 0.138 e. The number of hydrogen-bond acceptors (Lipinski definition) is 3. The maximum atomic E-state index is 5.67. The molecule has 2 aromatic rings. The standard InChI is InChI=1S/C14H15BrN2O/c15-12-3-1-2-11(8-12)10-18-14-5-4-13(6-7-16)17-9-14/h1-5,8-9H,6-7,10,16H2. The number of nitrogens with zero attached hydrogens (tertiary/aromatic N) is 1. The van der Waals surface area contributed by atoms with Crippen LogP contribution in [0.2, 0.25) is 0 Å². The molecular formula is C14H15BrN2O. The summed E-state index contributed by atoms with van der Waals surface area (Å²) in [5, 5.41) is 0. The van der Waals surface area contributed by atoms with Crippen molar-refractivity contribution in [3.63, 3.8) is 0 Å². The Morgan fingerprint density at radius 3 is 2.78 bits per heavy atom. The summed E-state index contributed by atoms with van der Waals surface area (Å²) in [6, 6.07) is 11.9. The average Bonchev–Trinajstić information content (AvgIpc) is 2.38. The number of pyridine rings is 1. The lowest BCUT2D eigenvalue weighted by Gasteiger charge is -2.07. The molecule has 0 unspecified atom stereocenters. The third-order valence-electron chi connectivity index (χ3n) is 2.49. The summed E-state index contributed by atoms with van der Waals surface area (Å²) in [6.45, 7) is 1.16. The molecule has 2 N–H and O–H groups in total. The minimum atomic E-state index is 0.539. The zero-order valence-electron chi connectivity index (χ0n) is 9.97. The highest BCUT2D eigenvalue weighted by atomic mass is 79.9. The summed E-state index contributed by atoms with van der Waals surface area (Å²) >= 11 is 3.44. The van der Waals surface area contributed by atoms with Crippen molar-refractivity contribution in [1.82, 2.24) is 4.98 Å². The molecule has 0 saturated heterocycles. The molecule has 1 heterocycles. The van der Waals surface area contributed by atoms with Gasteiger partial charge in [0, 0.05) is 16.6 Å². The molecule has 0 amide bonds. The first-order chi connectivity index (χ1) is 8.78. The number of nitrogens with two attached hydrogens (primary N) is 1. The Morgan fingerprint density at radius 1 is 1.22 bits per heavy atom. The van der Waals surface area contributed by atoms with E-state index in [1.165, 1.54) is 0 Å².